The molecule has 3 rings (SSSR count). The molecule has 0 radical (unpaired) electrons. The summed E-state index contributed by atoms with van der Waals surface area (Å²) in [6.45, 7) is 1.03. The summed E-state index contributed by atoms with van der Waals surface area (Å²) in [6.07, 6.45) is 4.14. The zero-order chi connectivity index (χ0) is 14.2. The van der Waals surface area contributed by atoms with Crippen LogP contribution in [0.4, 0.5) is 0 Å². The van der Waals surface area contributed by atoms with E-state index in [0.717, 1.165) is 43.9 Å². The Balaban J connectivity index is 1.71. The average molecular weight is 299 g/mol. The van der Waals surface area contributed by atoms with E-state index in [1.165, 1.54) is 0 Å². The van der Waals surface area contributed by atoms with Gasteiger partial charge in [-0.2, -0.15) is 0 Å². The molecule has 2 unspecified atom stereocenters. The van der Waals surface area contributed by atoms with Crippen molar-refractivity contribution >= 4 is 9.84 Å². The monoisotopic (exact) mass is 299 g/mol. The number of hydrogen-bond acceptors (Lipinski definition) is 5. The minimum atomic E-state index is -2.86. The number of sulfone groups is 1. The van der Waals surface area contributed by atoms with E-state index in [9.17, 15) is 13.5 Å². The predicted molar refractivity (Wildman–Crippen MR) is 74.0 cm³/mol. The third kappa shape index (κ3) is 2.88. The molecule has 6 nitrogen and oxygen atoms in total. The summed E-state index contributed by atoms with van der Waals surface area (Å²) in [5.74, 6) is 2.93. The molecular formula is C13H21N3O3S. The summed E-state index contributed by atoms with van der Waals surface area (Å²) in [6, 6.07) is 0. The lowest BCUT2D eigenvalue weighted by molar-refractivity contribution is 0.198. The maximum Gasteiger partial charge on any atom is 0.150 e. The topological polar surface area (TPSA) is 85.1 Å². The molecule has 1 saturated heterocycles. The molecule has 0 saturated carbocycles. The highest BCUT2D eigenvalue weighted by molar-refractivity contribution is 7.91. The third-order valence-corrected chi connectivity index (χ3v) is 6.31. The zero-order valence-corrected chi connectivity index (χ0v) is 12.3. The Hall–Kier alpha value is -0.950. The molecule has 1 aromatic rings. The number of rotatable bonds is 3. The van der Waals surface area contributed by atoms with Crippen molar-refractivity contribution in [1.29, 1.82) is 0 Å². The van der Waals surface area contributed by atoms with Gasteiger partial charge in [-0.25, -0.2) is 8.42 Å². The average Bonchev–Trinajstić information content (AvgIpc) is 2.80. The molecule has 1 aromatic heterocycles. The van der Waals surface area contributed by atoms with Gasteiger partial charge in [0.1, 0.15) is 11.6 Å². The summed E-state index contributed by atoms with van der Waals surface area (Å²) in [7, 11) is -2.86. The molecule has 2 atom stereocenters. The molecule has 112 valence electrons. The summed E-state index contributed by atoms with van der Waals surface area (Å²) in [4.78, 5) is 0. The van der Waals surface area contributed by atoms with Crippen molar-refractivity contribution in [3.8, 4) is 0 Å². The van der Waals surface area contributed by atoms with Crippen LogP contribution in [-0.2, 0) is 29.2 Å². The zero-order valence-electron chi connectivity index (χ0n) is 11.5. The molecule has 0 bridgehead atoms. The summed E-state index contributed by atoms with van der Waals surface area (Å²) >= 11 is 0. The molecular weight excluding hydrogens is 278 g/mol. The van der Waals surface area contributed by atoms with Gasteiger partial charge < -0.3 is 9.67 Å². The first kappa shape index (κ1) is 14.0. The molecule has 0 amide bonds. The predicted octanol–water partition coefficient (Wildman–Crippen LogP) is 0.200. The maximum absolute atomic E-state index is 11.7. The first-order valence-corrected chi connectivity index (χ1v) is 9.12. The van der Waals surface area contributed by atoms with E-state index in [4.69, 9.17) is 0 Å². The fourth-order valence-corrected chi connectivity index (χ4v) is 5.07. The van der Waals surface area contributed by atoms with Crippen LogP contribution in [-0.4, -0.2) is 46.4 Å². The summed E-state index contributed by atoms with van der Waals surface area (Å²) < 4.78 is 25.5. The van der Waals surface area contributed by atoms with Crippen LogP contribution in [0.5, 0.6) is 0 Å². The highest BCUT2D eigenvalue weighted by atomic mass is 32.2. The number of aliphatic hydroxyl groups is 1. The van der Waals surface area contributed by atoms with E-state index in [1.807, 2.05) is 0 Å². The van der Waals surface area contributed by atoms with E-state index in [0.29, 0.717) is 12.2 Å². The van der Waals surface area contributed by atoms with Gasteiger partial charge in [0.15, 0.2) is 9.84 Å². The minimum Gasteiger partial charge on any atom is -0.396 e. The number of nitrogens with zero attached hydrogens (tertiary/aromatic N) is 3. The second kappa shape index (κ2) is 5.44. The lowest BCUT2D eigenvalue weighted by Gasteiger charge is -2.24. The van der Waals surface area contributed by atoms with Gasteiger partial charge >= 0.3 is 0 Å². The van der Waals surface area contributed by atoms with Crippen LogP contribution in [0, 0.1) is 11.8 Å². The van der Waals surface area contributed by atoms with Crippen LogP contribution in [0.2, 0.25) is 0 Å². The van der Waals surface area contributed by atoms with Crippen LogP contribution in [0.25, 0.3) is 0 Å². The largest absolute Gasteiger partial charge is 0.396 e. The van der Waals surface area contributed by atoms with Crippen molar-refractivity contribution in [1.82, 2.24) is 14.8 Å². The molecule has 2 aliphatic rings. The third-order valence-electron chi connectivity index (χ3n) is 4.42. The first-order chi connectivity index (χ1) is 9.57. The Kier molecular flexibility index (Phi) is 3.81. The van der Waals surface area contributed by atoms with Crippen LogP contribution in [0.15, 0.2) is 0 Å². The molecule has 0 aliphatic carbocycles. The molecule has 0 spiro atoms. The first-order valence-electron chi connectivity index (χ1n) is 7.29. The fraction of sp³-hybridized carbons (Fsp3) is 0.846. The van der Waals surface area contributed by atoms with Crippen molar-refractivity contribution in [2.24, 2.45) is 11.8 Å². The highest BCUT2D eigenvalue weighted by Gasteiger charge is 2.28. The normalized spacial score (nSPS) is 29.1. The number of aliphatic hydroxyl groups excluding tert-OH is 1. The SMILES string of the molecule is O=S1(=O)CCCC(Cc2nnc3n2CCC(CO)C3)C1. The van der Waals surface area contributed by atoms with Crippen LogP contribution in [0.1, 0.15) is 30.9 Å². The Bertz CT molecular complexity index is 582. The van der Waals surface area contributed by atoms with E-state index in [-0.39, 0.29) is 24.2 Å². The quantitative estimate of drug-likeness (QED) is 0.862. The summed E-state index contributed by atoms with van der Waals surface area (Å²) in [5, 5.41) is 17.7. The van der Waals surface area contributed by atoms with Gasteiger partial charge in [-0.05, 0) is 31.1 Å². The lowest BCUT2D eigenvalue weighted by Crippen LogP contribution is -2.28. The molecule has 20 heavy (non-hydrogen) atoms. The molecule has 2 aliphatic heterocycles. The van der Waals surface area contributed by atoms with Crippen LogP contribution >= 0.6 is 0 Å². The molecule has 7 heteroatoms. The number of fused-ring (bicyclic) bond motifs is 1. The van der Waals surface area contributed by atoms with Crippen LogP contribution in [0.3, 0.4) is 0 Å². The molecule has 1 N–H and O–H groups in total. The van der Waals surface area contributed by atoms with Crippen molar-refractivity contribution in [3.05, 3.63) is 11.6 Å². The molecule has 1 fully saturated rings. The van der Waals surface area contributed by atoms with Gasteiger partial charge in [0.05, 0.1) is 11.5 Å². The van der Waals surface area contributed by atoms with Crippen LogP contribution < -0.4 is 0 Å². The Morgan fingerprint density at radius 2 is 2.10 bits per heavy atom. The Morgan fingerprint density at radius 3 is 2.85 bits per heavy atom. The molecule has 3 heterocycles. The number of aromatic nitrogens is 3. The Labute approximate surface area is 119 Å². The standard InChI is InChI=1S/C13H21N3O3S/c17-8-10-3-4-16-12(6-10)14-15-13(16)7-11-2-1-5-20(18,19)9-11/h10-11,17H,1-9H2. The lowest BCUT2D eigenvalue weighted by atomic mass is 9.97. The highest BCUT2D eigenvalue weighted by Crippen LogP contribution is 2.25. The van der Waals surface area contributed by atoms with Gasteiger partial charge in [0, 0.05) is 26.0 Å². The van der Waals surface area contributed by atoms with E-state index >= 15 is 0 Å². The van der Waals surface area contributed by atoms with Crippen molar-refractivity contribution in [2.75, 3.05) is 18.1 Å². The van der Waals surface area contributed by atoms with Gasteiger partial charge in [0.2, 0.25) is 0 Å². The van der Waals surface area contributed by atoms with Gasteiger partial charge in [-0.15, -0.1) is 10.2 Å². The van der Waals surface area contributed by atoms with Gasteiger partial charge in [-0.1, -0.05) is 0 Å². The number of hydrogen-bond donors (Lipinski definition) is 1. The molecule has 0 aromatic carbocycles. The second-order valence-corrected chi connectivity index (χ2v) is 8.28. The van der Waals surface area contributed by atoms with Gasteiger partial charge in [-0.3, -0.25) is 0 Å². The van der Waals surface area contributed by atoms with Crippen molar-refractivity contribution in [3.63, 3.8) is 0 Å². The van der Waals surface area contributed by atoms with Gasteiger partial charge in [0.25, 0.3) is 0 Å². The van der Waals surface area contributed by atoms with Crippen molar-refractivity contribution < 1.29 is 13.5 Å². The fourth-order valence-electron chi connectivity index (χ4n) is 3.30. The summed E-state index contributed by atoms with van der Waals surface area (Å²) in [5.41, 5.74) is 0. The maximum atomic E-state index is 11.7. The van der Waals surface area contributed by atoms with E-state index in [1.54, 1.807) is 0 Å². The van der Waals surface area contributed by atoms with E-state index < -0.39 is 9.84 Å². The minimum absolute atomic E-state index is 0.178. The smallest absolute Gasteiger partial charge is 0.150 e. The van der Waals surface area contributed by atoms with Crippen molar-refractivity contribution in [2.45, 2.75) is 38.6 Å². The Morgan fingerprint density at radius 1 is 1.25 bits per heavy atom. The van der Waals surface area contributed by atoms with E-state index in [2.05, 4.69) is 14.8 Å². The second-order valence-electron chi connectivity index (χ2n) is 6.05.